The van der Waals surface area contributed by atoms with Gasteiger partial charge in [0.15, 0.2) is 5.76 Å². The first kappa shape index (κ1) is 17.2. The van der Waals surface area contributed by atoms with Gasteiger partial charge in [-0.1, -0.05) is 18.6 Å². The highest BCUT2D eigenvalue weighted by molar-refractivity contribution is 6.02. The van der Waals surface area contributed by atoms with Crippen LogP contribution >= 0.6 is 0 Å². The molecule has 3 rings (SSSR count). The molecule has 0 unspecified atom stereocenters. The summed E-state index contributed by atoms with van der Waals surface area (Å²) in [4.78, 5) is 23.9. The number of anilines is 1. The summed E-state index contributed by atoms with van der Waals surface area (Å²) in [5, 5.41) is 5.69. The van der Waals surface area contributed by atoms with Crippen molar-refractivity contribution < 1.29 is 14.0 Å². The number of carbonyl (C=O) groups excluding carboxylic acids is 2. The molecular weight excluding hydrogens is 318 g/mol. The zero-order valence-electron chi connectivity index (χ0n) is 14.0. The maximum Gasteiger partial charge on any atom is 0.291 e. The van der Waals surface area contributed by atoms with Gasteiger partial charge in [-0.15, -0.1) is 0 Å². The fourth-order valence-corrected chi connectivity index (χ4v) is 3.14. The van der Waals surface area contributed by atoms with Gasteiger partial charge in [-0.25, -0.2) is 0 Å². The Labute approximate surface area is 146 Å². The first-order valence-electron chi connectivity index (χ1n) is 8.58. The Kier molecular flexibility index (Phi) is 5.50. The third-order valence-corrected chi connectivity index (χ3v) is 4.61. The Bertz CT molecular complexity index is 710. The summed E-state index contributed by atoms with van der Waals surface area (Å²) < 4.78 is 5.05. The number of benzene rings is 1. The van der Waals surface area contributed by atoms with Crippen LogP contribution in [0.5, 0.6) is 0 Å². The Morgan fingerprint density at radius 1 is 1.16 bits per heavy atom. The van der Waals surface area contributed by atoms with Crippen molar-refractivity contribution in [2.75, 3.05) is 5.32 Å². The van der Waals surface area contributed by atoms with E-state index in [1.807, 2.05) is 12.1 Å². The minimum atomic E-state index is -0.293. The SMILES string of the molecule is N[C@@H]1CCC[C@H]1CC(=O)NCc1ccc(NC(=O)c2ccco2)cc1. The molecule has 2 aromatic rings. The summed E-state index contributed by atoms with van der Waals surface area (Å²) in [6, 6.07) is 10.8. The second-order valence-electron chi connectivity index (χ2n) is 6.46. The van der Waals surface area contributed by atoms with Gasteiger partial charge in [0.2, 0.25) is 5.91 Å². The number of nitrogens with one attached hydrogen (secondary N) is 2. The molecule has 0 radical (unpaired) electrons. The lowest BCUT2D eigenvalue weighted by molar-refractivity contribution is -0.122. The van der Waals surface area contributed by atoms with E-state index >= 15 is 0 Å². The van der Waals surface area contributed by atoms with E-state index < -0.39 is 0 Å². The van der Waals surface area contributed by atoms with E-state index in [2.05, 4.69) is 10.6 Å². The van der Waals surface area contributed by atoms with Crippen molar-refractivity contribution in [1.82, 2.24) is 5.32 Å². The molecule has 1 aliphatic carbocycles. The maximum atomic E-state index is 12.0. The average molecular weight is 341 g/mol. The number of furan rings is 1. The fraction of sp³-hybridized carbons (Fsp3) is 0.368. The minimum Gasteiger partial charge on any atom is -0.459 e. The van der Waals surface area contributed by atoms with Crippen molar-refractivity contribution in [3.05, 3.63) is 54.0 Å². The van der Waals surface area contributed by atoms with Crippen molar-refractivity contribution in [2.24, 2.45) is 11.7 Å². The molecule has 0 saturated heterocycles. The molecule has 2 atom stereocenters. The van der Waals surface area contributed by atoms with E-state index in [1.54, 1.807) is 24.3 Å². The van der Waals surface area contributed by atoms with Crippen LogP contribution in [-0.2, 0) is 11.3 Å². The van der Waals surface area contributed by atoms with Gasteiger partial charge in [0.25, 0.3) is 5.91 Å². The highest BCUT2D eigenvalue weighted by Gasteiger charge is 2.25. The molecule has 1 heterocycles. The Balaban J connectivity index is 1.46. The average Bonchev–Trinajstić information content (AvgIpc) is 3.27. The topological polar surface area (TPSA) is 97.4 Å². The fourth-order valence-electron chi connectivity index (χ4n) is 3.14. The van der Waals surface area contributed by atoms with Crippen molar-refractivity contribution in [1.29, 1.82) is 0 Å². The van der Waals surface area contributed by atoms with E-state index in [9.17, 15) is 9.59 Å². The monoisotopic (exact) mass is 341 g/mol. The van der Waals surface area contributed by atoms with Crippen LogP contribution in [0.25, 0.3) is 0 Å². The van der Waals surface area contributed by atoms with Crippen LogP contribution in [0, 0.1) is 5.92 Å². The number of hydrogen-bond donors (Lipinski definition) is 3. The molecule has 1 aromatic carbocycles. The van der Waals surface area contributed by atoms with Crippen LogP contribution in [0.3, 0.4) is 0 Å². The molecule has 4 N–H and O–H groups in total. The third kappa shape index (κ3) is 4.70. The number of rotatable bonds is 6. The summed E-state index contributed by atoms with van der Waals surface area (Å²) in [5.74, 6) is 0.317. The lowest BCUT2D eigenvalue weighted by atomic mass is 10.00. The van der Waals surface area contributed by atoms with Crippen LogP contribution in [0.1, 0.15) is 41.8 Å². The molecule has 25 heavy (non-hydrogen) atoms. The predicted octanol–water partition coefficient (Wildman–Crippen LogP) is 2.67. The van der Waals surface area contributed by atoms with Gasteiger partial charge >= 0.3 is 0 Å². The van der Waals surface area contributed by atoms with Crippen LogP contribution in [0.2, 0.25) is 0 Å². The van der Waals surface area contributed by atoms with E-state index in [-0.39, 0.29) is 23.6 Å². The van der Waals surface area contributed by atoms with Gasteiger partial charge in [-0.05, 0) is 48.6 Å². The first-order chi connectivity index (χ1) is 12.1. The van der Waals surface area contributed by atoms with Crippen LogP contribution in [0.15, 0.2) is 47.1 Å². The quantitative estimate of drug-likeness (QED) is 0.752. The Hall–Kier alpha value is -2.60. The van der Waals surface area contributed by atoms with Gasteiger partial charge in [-0.2, -0.15) is 0 Å². The molecule has 6 nitrogen and oxygen atoms in total. The van der Waals surface area contributed by atoms with Gasteiger partial charge < -0.3 is 20.8 Å². The highest BCUT2D eigenvalue weighted by Crippen LogP contribution is 2.26. The Morgan fingerprint density at radius 2 is 1.96 bits per heavy atom. The second-order valence-corrected chi connectivity index (χ2v) is 6.46. The molecule has 1 saturated carbocycles. The van der Waals surface area contributed by atoms with E-state index in [0.29, 0.717) is 24.6 Å². The third-order valence-electron chi connectivity index (χ3n) is 4.61. The van der Waals surface area contributed by atoms with E-state index in [4.69, 9.17) is 10.2 Å². The van der Waals surface area contributed by atoms with Gasteiger partial charge in [0.05, 0.1) is 6.26 Å². The largest absolute Gasteiger partial charge is 0.459 e. The van der Waals surface area contributed by atoms with Crippen LogP contribution < -0.4 is 16.4 Å². The van der Waals surface area contributed by atoms with Crippen molar-refractivity contribution in [2.45, 2.75) is 38.3 Å². The van der Waals surface area contributed by atoms with Gasteiger partial charge in [0.1, 0.15) is 0 Å². The molecule has 0 bridgehead atoms. The maximum absolute atomic E-state index is 12.0. The van der Waals surface area contributed by atoms with Crippen LogP contribution in [-0.4, -0.2) is 17.9 Å². The van der Waals surface area contributed by atoms with E-state index in [0.717, 1.165) is 24.8 Å². The smallest absolute Gasteiger partial charge is 0.291 e. The number of carbonyl (C=O) groups is 2. The summed E-state index contributed by atoms with van der Waals surface area (Å²) >= 11 is 0. The second kappa shape index (κ2) is 7.98. The Morgan fingerprint density at radius 3 is 2.60 bits per heavy atom. The van der Waals surface area contributed by atoms with Crippen molar-refractivity contribution >= 4 is 17.5 Å². The summed E-state index contributed by atoms with van der Waals surface area (Å²) in [5.41, 5.74) is 7.65. The minimum absolute atomic E-state index is 0.0394. The molecule has 2 amide bonds. The summed E-state index contributed by atoms with van der Waals surface area (Å²) in [6.45, 7) is 0.465. The molecule has 132 valence electrons. The molecular formula is C19H23N3O3. The standard InChI is InChI=1S/C19H23N3O3/c20-16-4-1-3-14(16)11-18(23)21-12-13-6-8-15(9-7-13)22-19(24)17-5-2-10-25-17/h2,5-10,14,16H,1,3-4,11-12,20H2,(H,21,23)(H,22,24)/t14-,16+/m0/s1. The molecule has 0 spiro atoms. The molecule has 0 aliphatic heterocycles. The first-order valence-corrected chi connectivity index (χ1v) is 8.58. The number of amides is 2. The molecule has 1 fully saturated rings. The normalized spacial score (nSPS) is 19.6. The zero-order chi connectivity index (χ0) is 17.6. The summed E-state index contributed by atoms with van der Waals surface area (Å²) in [7, 11) is 0. The van der Waals surface area contributed by atoms with E-state index in [1.165, 1.54) is 6.26 Å². The lowest BCUT2D eigenvalue weighted by Gasteiger charge is -2.14. The number of nitrogens with two attached hydrogens (primary N) is 1. The highest BCUT2D eigenvalue weighted by atomic mass is 16.3. The predicted molar refractivity (Wildman–Crippen MR) is 94.9 cm³/mol. The zero-order valence-corrected chi connectivity index (χ0v) is 14.0. The molecule has 6 heteroatoms. The number of hydrogen-bond acceptors (Lipinski definition) is 4. The summed E-state index contributed by atoms with van der Waals surface area (Å²) in [6.07, 6.45) is 5.13. The van der Waals surface area contributed by atoms with Gasteiger partial charge in [0, 0.05) is 24.7 Å². The van der Waals surface area contributed by atoms with Crippen LogP contribution in [0.4, 0.5) is 5.69 Å². The molecule has 1 aromatic heterocycles. The molecule has 1 aliphatic rings. The van der Waals surface area contributed by atoms with Crippen molar-refractivity contribution in [3.63, 3.8) is 0 Å². The van der Waals surface area contributed by atoms with Gasteiger partial charge in [-0.3, -0.25) is 9.59 Å². The lowest BCUT2D eigenvalue weighted by Crippen LogP contribution is -2.31. The van der Waals surface area contributed by atoms with Crippen molar-refractivity contribution in [3.8, 4) is 0 Å².